The van der Waals surface area contributed by atoms with E-state index in [0.29, 0.717) is 6.42 Å². The molecular formula is C27H28N4O2S. The van der Waals surface area contributed by atoms with Crippen LogP contribution in [0.1, 0.15) is 32.8 Å². The molecule has 3 heterocycles. The Morgan fingerprint density at radius 1 is 1.24 bits per heavy atom. The molecule has 1 aromatic carbocycles. The number of ether oxygens (including phenoxy) is 2. The smallest absolute Gasteiger partial charge is 0.186 e. The second-order valence-corrected chi connectivity index (χ2v) is 10.1. The van der Waals surface area contributed by atoms with E-state index in [1.807, 2.05) is 37.4 Å². The number of thiazole rings is 1. The lowest BCUT2D eigenvalue weighted by molar-refractivity contribution is -0.00522. The number of nitriles is 1. The molecule has 3 aromatic rings. The summed E-state index contributed by atoms with van der Waals surface area (Å²) < 4.78 is 11.8. The fraction of sp³-hybridized carbons (Fsp3) is 0.370. The first-order valence-electron chi connectivity index (χ1n) is 11.5. The quantitative estimate of drug-likeness (QED) is 0.474. The molecule has 5 rings (SSSR count). The number of rotatable bonds is 4. The van der Waals surface area contributed by atoms with E-state index in [2.05, 4.69) is 42.3 Å². The van der Waals surface area contributed by atoms with E-state index in [9.17, 15) is 5.26 Å². The van der Waals surface area contributed by atoms with Crippen molar-refractivity contribution in [1.29, 1.82) is 5.26 Å². The van der Waals surface area contributed by atoms with Crippen molar-refractivity contribution in [3.63, 3.8) is 0 Å². The van der Waals surface area contributed by atoms with Crippen LogP contribution in [-0.2, 0) is 4.74 Å². The summed E-state index contributed by atoms with van der Waals surface area (Å²) in [5, 5.41) is 13.4. The van der Waals surface area contributed by atoms with Gasteiger partial charge in [-0.15, -0.1) is 11.3 Å². The maximum Gasteiger partial charge on any atom is 0.186 e. The van der Waals surface area contributed by atoms with E-state index in [1.165, 1.54) is 0 Å². The van der Waals surface area contributed by atoms with Crippen LogP contribution in [0.2, 0.25) is 0 Å². The van der Waals surface area contributed by atoms with E-state index in [1.54, 1.807) is 18.4 Å². The van der Waals surface area contributed by atoms with Gasteiger partial charge >= 0.3 is 0 Å². The van der Waals surface area contributed by atoms with Gasteiger partial charge in [0.2, 0.25) is 0 Å². The summed E-state index contributed by atoms with van der Waals surface area (Å²) in [6, 6.07) is 8.52. The Labute approximate surface area is 204 Å². The molecule has 0 radical (unpaired) electrons. The zero-order valence-electron chi connectivity index (χ0n) is 19.9. The third kappa shape index (κ3) is 4.08. The SMILES string of the molecule is COc1c(-c2csc(N3C[C@@H](C)O[C@@H](C)C3)n2)cnc2c(C3=CCC(C)(C#N)C=C3)cccc12. The van der Waals surface area contributed by atoms with Gasteiger partial charge < -0.3 is 14.4 Å². The predicted molar refractivity (Wildman–Crippen MR) is 137 cm³/mol. The largest absolute Gasteiger partial charge is 0.495 e. The van der Waals surface area contributed by atoms with Crippen LogP contribution in [0.25, 0.3) is 27.7 Å². The van der Waals surface area contributed by atoms with Crippen molar-refractivity contribution in [2.24, 2.45) is 5.41 Å². The second kappa shape index (κ2) is 8.86. The van der Waals surface area contributed by atoms with Gasteiger partial charge in [-0.3, -0.25) is 4.98 Å². The molecule has 1 aliphatic carbocycles. The first kappa shape index (κ1) is 22.6. The molecule has 0 bridgehead atoms. The number of pyridine rings is 1. The van der Waals surface area contributed by atoms with E-state index in [0.717, 1.165) is 57.3 Å². The molecule has 174 valence electrons. The van der Waals surface area contributed by atoms with Gasteiger partial charge in [0.25, 0.3) is 0 Å². The van der Waals surface area contributed by atoms with Crippen molar-refractivity contribution in [2.75, 3.05) is 25.1 Å². The number of anilines is 1. The third-order valence-electron chi connectivity index (χ3n) is 6.45. The first-order valence-corrected chi connectivity index (χ1v) is 12.4. The Morgan fingerprint density at radius 3 is 2.71 bits per heavy atom. The molecule has 3 atom stereocenters. The van der Waals surface area contributed by atoms with Gasteiger partial charge in [0, 0.05) is 35.6 Å². The maximum atomic E-state index is 9.42. The number of fused-ring (bicyclic) bond motifs is 1. The minimum absolute atomic E-state index is 0.181. The van der Waals surface area contributed by atoms with Crippen LogP contribution in [0.4, 0.5) is 5.13 Å². The van der Waals surface area contributed by atoms with Crippen LogP contribution in [0.15, 0.2) is 48.0 Å². The Hall–Kier alpha value is -3.21. The van der Waals surface area contributed by atoms with Gasteiger partial charge in [-0.1, -0.05) is 30.4 Å². The number of morpholine rings is 1. The normalized spacial score (nSPS) is 24.7. The van der Waals surface area contributed by atoms with Crippen molar-refractivity contribution in [1.82, 2.24) is 9.97 Å². The molecule has 6 nitrogen and oxygen atoms in total. The van der Waals surface area contributed by atoms with Gasteiger partial charge in [-0.25, -0.2) is 4.98 Å². The Kier molecular flexibility index (Phi) is 5.88. The monoisotopic (exact) mass is 472 g/mol. The minimum atomic E-state index is -0.454. The Bertz CT molecular complexity index is 1330. The number of nitrogens with zero attached hydrogens (tertiary/aromatic N) is 4. The van der Waals surface area contributed by atoms with Crippen LogP contribution in [-0.4, -0.2) is 42.4 Å². The fourth-order valence-electron chi connectivity index (χ4n) is 4.72. The maximum absolute atomic E-state index is 9.42. The molecular weight excluding hydrogens is 444 g/mol. The molecule has 34 heavy (non-hydrogen) atoms. The zero-order valence-corrected chi connectivity index (χ0v) is 20.7. The number of para-hydroxylation sites is 1. The van der Waals surface area contributed by atoms with Crippen molar-refractivity contribution in [3.8, 4) is 23.1 Å². The van der Waals surface area contributed by atoms with Gasteiger partial charge in [-0.2, -0.15) is 5.26 Å². The summed E-state index contributed by atoms with van der Waals surface area (Å²) in [6.07, 6.45) is 9.04. The Morgan fingerprint density at radius 2 is 2.03 bits per heavy atom. The van der Waals surface area contributed by atoms with E-state index >= 15 is 0 Å². The van der Waals surface area contributed by atoms with Crippen LogP contribution in [0.3, 0.4) is 0 Å². The summed E-state index contributed by atoms with van der Waals surface area (Å²) in [5.74, 6) is 0.773. The number of benzene rings is 1. The molecule has 0 N–H and O–H groups in total. The highest BCUT2D eigenvalue weighted by Crippen LogP contribution is 2.41. The van der Waals surface area contributed by atoms with Gasteiger partial charge in [0.1, 0.15) is 5.75 Å². The molecule has 1 aliphatic heterocycles. The third-order valence-corrected chi connectivity index (χ3v) is 7.35. The van der Waals surface area contributed by atoms with E-state index < -0.39 is 5.41 Å². The van der Waals surface area contributed by atoms with Crippen molar-refractivity contribution in [3.05, 3.63) is 53.6 Å². The summed E-state index contributed by atoms with van der Waals surface area (Å²) in [7, 11) is 1.70. The predicted octanol–water partition coefficient (Wildman–Crippen LogP) is 5.85. The zero-order chi connectivity index (χ0) is 23.9. The molecule has 7 heteroatoms. The fourth-order valence-corrected chi connectivity index (χ4v) is 5.56. The molecule has 2 aromatic heterocycles. The number of allylic oxidation sites excluding steroid dienone is 4. The highest BCUT2D eigenvalue weighted by Gasteiger charge is 2.26. The molecule has 1 unspecified atom stereocenters. The summed E-state index contributed by atoms with van der Waals surface area (Å²) in [5.41, 5.74) is 4.29. The lowest BCUT2D eigenvalue weighted by Gasteiger charge is -2.35. The Balaban J connectivity index is 1.52. The van der Waals surface area contributed by atoms with Crippen LogP contribution >= 0.6 is 11.3 Å². The van der Waals surface area contributed by atoms with Crippen molar-refractivity contribution < 1.29 is 9.47 Å². The second-order valence-electron chi connectivity index (χ2n) is 9.31. The highest BCUT2D eigenvalue weighted by atomic mass is 32.1. The topological polar surface area (TPSA) is 71.3 Å². The van der Waals surface area contributed by atoms with Gasteiger partial charge in [0.05, 0.1) is 47.6 Å². The van der Waals surface area contributed by atoms with Crippen LogP contribution < -0.4 is 9.64 Å². The average molecular weight is 473 g/mol. The van der Waals surface area contributed by atoms with Crippen molar-refractivity contribution >= 4 is 32.9 Å². The lowest BCUT2D eigenvalue weighted by atomic mass is 9.82. The van der Waals surface area contributed by atoms with Gasteiger partial charge in [0.15, 0.2) is 5.13 Å². The number of methoxy groups -OCH3 is 1. The summed E-state index contributed by atoms with van der Waals surface area (Å²) >= 11 is 1.64. The lowest BCUT2D eigenvalue weighted by Crippen LogP contribution is -2.45. The molecule has 0 spiro atoms. The van der Waals surface area contributed by atoms with Crippen LogP contribution in [0, 0.1) is 16.7 Å². The molecule has 1 fully saturated rings. The molecule has 0 amide bonds. The number of hydrogen-bond donors (Lipinski definition) is 0. The first-order chi connectivity index (χ1) is 16.4. The summed E-state index contributed by atoms with van der Waals surface area (Å²) in [4.78, 5) is 12.1. The van der Waals surface area contributed by atoms with Crippen LogP contribution in [0.5, 0.6) is 5.75 Å². The molecule has 1 saturated heterocycles. The molecule has 0 saturated carbocycles. The minimum Gasteiger partial charge on any atom is -0.495 e. The van der Waals surface area contributed by atoms with Gasteiger partial charge in [-0.05, 0) is 38.8 Å². The van der Waals surface area contributed by atoms with Crippen molar-refractivity contribution in [2.45, 2.75) is 39.4 Å². The highest BCUT2D eigenvalue weighted by molar-refractivity contribution is 7.14. The van der Waals surface area contributed by atoms with E-state index in [4.69, 9.17) is 19.4 Å². The average Bonchev–Trinajstić information content (AvgIpc) is 3.33. The standard InChI is InChI=1S/C27H28N4O2S/c1-17-13-31(14-18(2)33-17)26-30-23(15-34-26)22-12-29-24-20(6-5-7-21(24)25(22)32-4)19-8-10-27(3,16-28)11-9-19/h5-10,12,15,17-18H,11,13-14H2,1-4H3/t17-,18+,27?. The number of aromatic nitrogens is 2. The molecule has 2 aliphatic rings. The van der Waals surface area contributed by atoms with E-state index in [-0.39, 0.29) is 12.2 Å². The summed E-state index contributed by atoms with van der Waals surface area (Å²) in [6.45, 7) is 7.82. The number of hydrogen-bond acceptors (Lipinski definition) is 7.